The molecule has 1 aromatic heterocycles. The van der Waals surface area contributed by atoms with Crippen molar-refractivity contribution >= 4 is 11.6 Å². The van der Waals surface area contributed by atoms with Crippen LogP contribution in [-0.2, 0) is 6.54 Å². The Balaban J connectivity index is 2.21. The van der Waals surface area contributed by atoms with Crippen molar-refractivity contribution in [3.63, 3.8) is 0 Å². The molecular weight excluding hydrogens is 284 g/mol. The van der Waals surface area contributed by atoms with E-state index in [9.17, 15) is 0 Å². The van der Waals surface area contributed by atoms with Gasteiger partial charge in [-0.15, -0.1) is 0 Å². The van der Waals surface area contributed by atoms with Gasteiger partial charge in [-0.2, -0.15) is 0 Å². The van der Waals surface area contributed by atoms with E-state index < -0.39 is 0 Å². The zero-order chi connectivity index (χ0) is 15.1. The summed E-state index contributed by atoms with van der Waals surface area (Å²) in [5.74, 6) is 0.780. The number of ether oxygens (including phenoxy) is 1. The molecule has 0 aliphatic heterocycles. The van der Waals surface area contributed by atoms with Gasteiger partial charge < -0.3 is 10.1 Å². The first-order valence-electron chi connectivity index (χ1n) is 7.32. The second-order valence-electron chi connectivity index (χ2n) is 4.85. The predicted octanol–water partition coefficient (Wildman–Crippen LogP) is 4.30. The van der Waals surface area contributed by atoms with Crippen molar-refractivity contribution in [2.75, 3.05) is 13.2 Å². The van der Waals surface area contributed by atoms with Gasteiger partial charge in [-0.3, -0.25) is 4.98 Å². The van der Waals surface area contributed by atoms with Crippen LogP contribution in [0.25, 0.3) is 11.1 Å². The van der Waals surface area contributed by atoms with Crippen molar-refractivity contribution in [2.24, 2.45) is 0 Å². The summed E-state index contributed by atoms with van der Waals surface area (Å²) in [5.41, 5.74) is 3.13. The summed E-state index contributed by atoms with van der Waals surface area (Å²) in [5, 5.41) is 4.03. The van der Waals surface area contributed by atoms with E-state index >= 15 is 0 Å². The summed E-state index contributed by atoms with van der Waals surface area (Å²) in [7, 11) is 0. The van der Waals surface area contributed by atoms with Crippen molar-refractivity contribution in [1.29, 1.82) is 0 Å². The third kappa shape index (κ3) is 4.45. The molecule has 0 aliphatic rings. The topological polar surface area (TPSA) is 34.1 Å². The molecule has 1 N–H and O–H groups in total. The summed E-state index contributed by atoms with van der Waals surface area (Å²) >= 11 is 6.40. The SMILES string of the molecule is CCCOc1cncc(-c2ccc(CNCC)cc2Cl)c1. The molecule has 112 valence electrons. The Labute approximate surface area is 131 Å². The molecule has 2 aromatic rings. The number of hydrogen-bond donors (Lipinski definition) is 1. The Morgan fingerprint density at radius 3 is 2.76 bits per heavy atom. The quantitative estimate of drug-likeness (QED) is 0.828. The highest BCUT2D eigenvalue weighted by Crippen LogP contribution is 2.30. The summed E-state index contributed by atoms with van der Waals surface area (Å²) in [6, 6.07) is 8.10. The van der Waals surface area contributed by atoms with Gasteiger partial charge in [-0.25, -0.2) is 0 Å². The molecule has 0 bridgehead atoms. The predicted molar refractivity (Wildman–Crippen MR) is 87.8 cm³/mol. The first-order valence-corrected chi connectivity index (χ1v) is 7.69. The maximum absolute atomic E-state index is 6.40. The maximum atomic E-state index is 6.40. The van der Waals surface area contributed by atoms with Crippen LogP contribution in [0.1, 0.15) is 25.8 Å². The highest BCUT2D eigenvalue weighted by Gasteiger charge is 2.06. The maximum Gasteiger partial charge on any atom is 0.138 e. The minimum absolute atomic E-state index is 0.695. The van der Waals surface area contributed by atoms with Crippen LogP contribution < -0.4 is 10.1 Å². The molecule has 1 aromatic carbocycles. The Kier molecular flexibility index (Phi) is 6.03. The number of benzene rings is 1. The van der Waals surface area contributed by atoms with E-state index in [-0.39, 0.29) is 0 Å². The van der Waals surface area contributed by atoms with Gasteiger partial charge in [0.25, 0.3) is 0 Å². The normalized spacial score (nSPS) is 10.6. The largest absolute Gasteiger partial charge is 0.492 e. The standard InChI is InChI=1S/C17H21ClN2O/c1-3-7-21-15-9-14(11-20-12-15)16-6-5-13(8-17(16)18)10-19-4-2/h5-6,8-9,11-12,19H,3-4,7,10H2,1-2H3. The molecule has 1 heterocycles. The smallest absolute Gasteiger partial charge is 0.138 e. The molecule has 2 rings (SSSR count). The Morgan fingerprint density at radius 2 is 2.05 bits per heavy atom. The molecule has 3 nitrogen and oxygen atoms in total. The van der Waals surface area contributed by atoms with Gasteiger partial charge in [0.15, 0.2) is 0 Å². The van der Waals surface area contributed by atoms with Crippen molar-refractivity contribution in [2.45, 2.75) is 26.8 Å². The van der Waals surface area contributed by atoms with E-state index in [0.717, 1.165) is 41.4 Å². The fourth-order valence-electron chi connectivity index (χ4n) is 2.04. The third-order valence-corrected chi connectivity index (χ3v) is 3.42. The van der Waals surface area contributed by atoms with Crippen molar-refractivity contribution < 1.29 is 4.74 Å². The van der Waals surface area contributed by atoms with Crippen LogP contribution in [0.3, 0.4) is 0 Å². The molecule has 0 atom stereocenters. The lowest BCUT2D eigenvalue weighted by atomic mass is 10.1. The minimum Gasteiger partial charge on any atom is -0.492 e. The van der Waals surface area contributed by atoms with E-state index in [4.69, 9.17) is 16.3 Å². The lowest BCUT2D eigenvalue weighted by Crippen LogP contribution is -2.11. The van der Waals surface area contributed by atoms with Crippen LogP contribution in [0.5, 0.6) is 5.75 Å². The van der Waals surface area contributed by atoms with Crippen molar-refractivity contribution in [3.05, 3.63) is 47.2 Å². The number of halogens is 1. The lowest BCUT2D eigenvalue weighted by Gasteiger charge is -2.10. The van der Waals surface area contributed by atoms with Gasteiger partial charge >= 0.3 is 0 Å². The molecule has 4 heteroatoms. The first-order chi connectivity index (χ1) is 10.2. The molecule has 0 aliphatic carbocycles. The Morgan fingerprint density at radius 1 is 1.19 bits per heavy atom. The van der Waals surface area contributed by atoms with Gasteiger partial charge in [0.1, 0.15) is 5.75 Å². The zero-order valence-electron chi connectivity index (χ0n) is 12.5. The molecule has 0 saturated carbocycles. The van der Waals surface area contributed by atoms with Gasteiger partial charge in [-0.1, -0.05) is 37.6 Å². The summed E-state index contributed by atoms with van der Waals surface area (Å²) in [4.78, 5) is 4.23. The van der Waals surface area contributed by atoms with Gasteiger partial charge in [-0.05, 0) is 30.7 Å². The number of nitrogens with one attached hydrogen (secondary N) is 1. The van der Waals surface area contributed by atoms with Crippen LogP contribution in [0.15, 0.2) is 36.7 Å². The summed E-state index contributed by atoms with van der Waals surface area (Å²) < 4.78 is 5.62. The molecule has 0 fully saturated rings. The third-order valence-electron chi connectivity index (χ3n) is 3.11. The van der Waals surface area contributed by atoms with E-state index in [2.05, 4.69) is 30.2 Å². The van der Waals surface area contributed by atoms with E-state index in [1.165, 1.54) is 5.56 Å². The lowest BCUT2D eigenvalue weighted by molar-refractivity contribution is 0.316. The number of aromatic nitrogens is 1. The molecule has 0 unspecified atom stereocenters. The van der Waals surface area contributed by atoms with Crippen molar-refractivity contribution in [1.82, 2.24) is 10.3 Å². The minimum atomic E-state index is 0.695. The van der Waals surface area contributed by atoms with Gasteiger partial charge in [0, 0.05) is 28.9 Å². The second-order valence-corrected chi connectivity index (χ2v) is 5.26. The number of pyridine rings is 1. The molecule has 0 radical (unpaired) electrons. The molecule has 21 heavy (non-hydrogen) atoms. The summed E-state index contributed by atoms with van der Waals surface area (Å²) in [6.45, 7) is 6.63. The van der Waals surface area contributed by atoms with Crippen LogP contribution in [0, 0.1) is 0 Å². The monoisotopic (exact) mass is 304 g/mol. The number of nitrogens with zero attached hydrogens (tertiary/aromatic N) is 1. The van der Waals surface area contributed by atoms with Crippen LogP contribution in [0.2, 0.25) is 5.02 Å². The van der Waals surface area contributed by atoms with Gasteiger partial charge in [0.05, 0.1) is 12.8 Å². The van der Waals surface area contributed by atoms with Crippen molar-refractivity contribution in [3.8, 4) is 16.9 Å². The first kappa shape index (κ1) is 15.8. The van der Waals surface area contributed by atoms with E-state index in [0.29, 0.717) is 6.61 Å². The van der Waals surface area contributed by atoms with E-state index in [1.54, 1.807) is 6.20 Å². The molecular formula is C17H21ClN2O. The molecule has 0 saturated heterocycles. The van der Waals surface area contributed by atoms with Crippen LogP contribution >= 0.6 is 11.6 Å². The second kappa shape index (κ2) is 8.01. The fraction of sp³-hybridized carbons (Fsp3) is 0.353. The highest BCUT2D eigenvalue weighted by atomic mass is 35.5. The molecule has 0 amide bonds. The Hall–Kier alpha value is -1.58. The Bertz CT molecular complexity index is 587. The number of hydrogen-bond acceptors (Lipinski definition) is 3. The van der Waals surface area contributed by atoms with E-state index in [1.807, 2.05) is 24.4 Å². The summed E-state index contributed by atoms with van der Waals surface area (Å²) in [6.07, 6.45) is 4.51. The van der Waals surface area contributed by atoms with Crippen LogP contribution in [-0.4, -0.2) is 18.1 Å². The van der Waals surface area contributed by atoms with Gasteiger partial charge in [0.2, 0.25) is 0 Å². The molecule has 0 spiro atoms. The average molecular weight is 305 g/mol. The van der Waals surface area contributed by atoms with Crippen LogP contribution in [0.4, 0.5) is 0 Å². The zero-order valence-corrected chi connectivity index (χ0v) is 13.3. The fourth-order valence-corrected chi connectivity index (χ4v) is 2.35. The average Bonchev–Trinajstić information content (AvgIpc) is 2.51. The highest BCUT2D eigenvalue weighted by molar-refractivity contribution is 6.33. The number of rotatable bonds is 7.